The third kappa shape index (κ3) is 2.81. The van der Waals surface area contributed by atoms with Crippen LogP contribution in [0.4, 0.5) is 5.69 Å². The first-order chi connectivity index (χ1) is 10.1. The summed E-state index contributed by atoms with van der Waals surface area (Å²) in [6.07, 6.45) is 4.96. The summed E-state index contributed by atoms with van der Waals surface area (Å²) in [5.41, 5.74) is 1.40. The molecule has 0 saturated carbocycles. The zero-order chi connectivity index (χ0) is 14.8. The van der Waals surface area contributed by atoms with Gasteiger partial charge in [0.15, 0.2) is 4.32 Å². The van der Waals surface area contributed by atoms with Crippen molar-refractivity contribution in [1.29, 1.82) is 0 Å². The Morgan fingerprint density at radius 3 is 2.86 bits per heavy atom. The molecule has 0 spiro atoms. The van der Waals surface area contributed by atoms with Crippen molar-refractivity contribution < 1.29 is 9.90 Å². The molecule has 1 aliphatic heterocycles. The molecule has 6 heteroatoms. The van der Waals surface area contributed by atoms with Gasteiger partial charge in [-0.3, -0.25) is 14.7 Å². The summed E-state index contributed by atoms with van der Waals surface area (Å²) >= 11 is 6.51. The molecule has 4 nitrogen and oxygen atoms in total. The SMILES string of the molecule is O=C1/C(=C/c2cccc(O)c2)SC(=S)N1c1cccnc1. The van der Waals surface area contributed by atoms with Crippen LogP contribution in [0.3, 0.4) is 0 Å². The lowest BCUT2D eigenvalue weighted by Crippen LogP contribution is -2.27. The largest absolute Gasteiger partial charge is 0.508 e. The number of phenols is 1. The van der Waals surface area contributed by atoms with Gasteiger partial charge in [0.1, 0.15) is 5.75 Å². The molecule has 1 aromatic carbocycles. The molecule has 1 N–H and O–H groups in total. The number of carbonyl (C=O) groups excluding carboxylic acids is 1. The molecule has 1 fully saturated rings. The normalized spacial score (nSPS) is 16.8. The first-order valence-electron chi connectivity index (χ1n) is 6.12. The van der Waals surface area contributed by atoms with Crippen LogP contribution in [0, 0.1) is 0 Å². The van der Waals surface area contributed by atoms with Gasteiger partial charge in [-0.25, -0.2) is 0 Å². The van der Waals surface area contributed by atoms with E-state index in [1.807, 2.05) is 6.07 Å². The number of benzene rings is 1. The van der Waals surface area contributed by atoms with Crippen molar-refractivity contribution >= 4 is 46.0 Å². The molecule has 0 unspecified atom stereocenters. The molecular weight excluding hydrogens is 304 g/mol. The smallest absolute Gasteiger partial charge is 0.270 e. The highest BCUT2D eigenvalue weighted by Crippen LogP contribution is 2.35. The number of nitrogens with zero attached hydrogens (tertiary/aromatic N) is 2. The summed E-state index contributed by atoms with van der Waals surface area (Å²) in [5.74, 6) is -0.0205. The van der Waals surface area contributed by atoms with E-state index in [1.54, 1.807) is 48.8 Å². The number of aromatic nitrogens is 1. The van der Waals surface area contributed by atoms with Gasteiger partial charge in [0.05, 0.1) is 16.8 Å². The fourth-order valence-electron chi connectivity index (χ4n) is 1.94. The molecule has 1 amide bonds. The topological polar surface area (TPSA) is 53.4 Å². The quantitative estimate of drug-likeness (QED) is 0.681. The van der Waals surface area contributed by atoms with Crippen molar-refractivity contribution in [3.63, 3.8) is 0 Å². The van der Waals surface area contributed by atoms with Crippen molar-refractivity contribution in [2.24, 2.45) is 0 Å². The van der Waals surface area contributed by atoms with Crippen molar-refractivity contribution in [2.45, 2.75) is 0 Å². The van der Waals surface area contributed by atoms with Crippen LogP contribution in [0.1, 0.15) is 5.56 Å². The number of hydrogen-bond donors (Lipinski definition) is 1. The minimum atomic E-state index is -0.179. The number of amides is 1. The molecule has 104 valence electrons. The maximum Gasteiger partial charge on any atom is 0.270 e. The lowest BCUT2D eigenvalue weighted by Gasteiger charge is -2.13. The van der Waals surface area contributed by atoms with E-state index in [0.717, 1.165) is 5.56 Å². The van der Waals surface area contributed by atoms with Crippen LogP contribution in [0.25, 0.3) is 6.08 Å². The molecule has 1 aliphatic rings. The van der Waals surface area contributed by atoms with E-state index in [1.165, 1.54) is 16.7 Å². The van der Waals surface area contributed by atoms with Crippen molar-refractivity contribution in [3.05, 3.63) is 59.3 Å². The van der Waals surface area contributed by atoms with Gasteiger partial charge >= 0.3 is 0 Å². The fraction of sp³-hybridized carbons (Fsp3) is 0. The molecule has 21 heavy (non-hydrogen) atoms. The molecule has 0 bridgehead atoms. The Morgan fingerprint density at radius 1 is 1.29 bits per heavy atom. The van der Waals surface area contributed by atoms with Crippen molar-refractivity contribution in [3.8, 4) is 5.75 Å². The molecular formula is C15H10N2O2S2. The molecule has 0 radical (unpaired) electrons. The summed E-state index contributed by atoms with van der Waals surface area (Å²) in [6, 6.07) is 10.3. The average Bonchev–Trinajstić information content (AvgIpc) is 2.74. The zero-order valence-corrected chi connectivity index (χ0v) is 12.4. The number of pyridine rings is 1. The Kier molecular flexibility index (Phi) is 3.72. The fourth-order valence-corrected chi connectivity index (χ4v) is 3.24. The van der Waals surface area contributed by atoms with Gasteiger partial charge in [-0.2, -0.15) is 0 Å². The summed E-state index contributed by atoms with van der Waals surface area (Å²) in [6.45, 7) is 0. The van der Waals surface area contributed by atoms with Crippen LogP contribution >= 0.6 is 24.0 Å². The van der Waals surface area contributed by atoms with Crippen LogP contribution < -0.4 is 4.90 Å². The summed E-state index contributed by atoms with van der Waals surface area (Å²) in [5, 5.41) is 9.47. The Morgan fingerprint density at radius 2 is 2.14 bits per heavy atom. The molecule has 1 aromatic heterocycles. The Labute approximate surface area is 131 Å². The Bertz CT molecular complexity index is 744. The average molecular weight is 314 g/mol. The van der Waals surface area contributed by atoms with Crippen LogP contribution in [0.2, 0.25) is 0 Å². The second-order valence-electron chi connectivity index (χ2n) is 4.32. The molecule has 0 atom stereocenters. The highest BCUT2D eigenvalue weighted by molar-refractivity contribution is 8.27. The van der Waals surface area contributed by atoms with Crippen molar-refractivity contribution in [2.75, 3.05) is 4.90 Å². The first-order valence-corrected chi connectivity index (χ1v) is 7.34. The van der Waals surface area contributed by atoms with Gasteiger partial charge in [-0.05, 0) is 35.9 Å². The third-order valence-electron chi connectivity index (χ3n) is 2.87. The number of hydrogen-bond acceptors (Lipinski definition) is 5. The molecule has 3 rings (SSSR count). The van der Waals surface area contributed by atoms with E-state index in [-0.39, 0.29) is 11.7 Å². The maximum atomic E-state index is 12.5. The van der Waals surface area contributed by atoms with E-state index in [9.17, 15) is 9.90 Å². The van der Waals surface area contributed by atoms with Gasteiger partial charge < -0.3 is 5.11 Å². The van der Waals surface area contributed by atoms with Crippen LogP contribution in [-0.2, 0) is 4.79 Å². The molecule has 2 aromatic rings. The van der Waals surface area contributed by atoms with Gasteiger partial charge in [-0.1, -0.05) is 36.1 Å². The van der Waals surface area contributed by atoms with Gasteiger partial charge in [-0.15, -0.1) is 0 Å². The highest BCUT2D eigenvalue weighted by Gasteiger charge is 2.33. The molecule has 0 aliphatic carbocycles. The van der Waals surface area contributed by atoms with E-state index in [2.05, 4.69) is 4.98 Å². The minimum Gasteiger partial charge on any atom is -0.508 e. The summed E-state index contributed by atoms with van der Waals surface area (Å²) in [7, 11) is 0. The van der Waals surface area contributed by atoms with Gasteiger partial charge in [0, 0.05) is 6.20 Å². The predicted octanol–water partition coefficient (Wildman–Crippen LogP) is 3.19. The summed E-state index contributed by atoms with van der Waals surface area (Å²) < 4.78 is 0.472. The van der Waals surface area contributed by atoms with E-state index in [4.69, 9.17) is 12.2 Å². The first kappa shape index (κ1) is 13.8. The number of carbonyl (C=O) groups is 1. The maximum absolute atomic E-state index is 12.5. The monoisotopic (exact) mass is 314 g/mol. The van der Waals surface area contributed by atoms with Crippen LogP contribution in [0.15, 0.2) is 53.7 Å². The number of rotatable bonds is 2. The number of thioether (sulfide) groups is 1. The lowest BCUT2D eigenvalue weighted by atomic mass is 10.2. The van der Waals surface area contributed by atoms with E-state index in [0.29, 0.717) is 14.9 Å². The van der Waals surface area contributed by atoms with Crippen molar-refractivity contribution in [1.82, 2.24) is 4.98 Å². The second-order valence-corrected chi connectivity index (χ2v) is 6.00. The van der Waals surface area contributed by atoms with Gasteiger partial charge in [0.25, 0.3) is 5.91 Å². The number of aromatic hydroxyl groups is 1. The van der Waals surface area contributed by atoms with Crippen LogP contribution in [-0.4, -0.2) is 20.3 Å². The Balaban J connectivity index is 1.94. The number of thiocarbonyl (C=S) groups is 1. The highest BCUT2D eigenvalue weighted by atomic mass is 32.2. The minimum absolute atomic E-state index is 0.159. The molecule has 2 heterocycles. The number of phenolic OH excluding ortho intramolecular Hbond substituents is 1. The third-order valence-corrected chi connectivity index (χ3v) is 4.17. The predicted molar refractivity (Wildman–Crippen MR) is 88.0 cm³/mol. The lowest BCUT2D eigenvalue weighted by molar-refractivity contribution is -0.113. The summed E-state index contributed by atoms with van der Waals surface area (Å²) in [4.78, 5) is 18.5. The molecule has 1 saturated heterocycles. The second kappa shape index (κ2) is 5.67. The number of anilines is 1. The Hall–Kier alpha value is -2.18. The van der Waals surface area contributed by atoms with Crippen LogP contribution in [0.5, 0.6) is 5.75 Å². The standard InChI is InChI=1S/C15H10N2O2S2/c18-12-5-1-3-10(7-12)8-13-14(19)17(15(20)21-13)11-4-2-6-16-9-11/h1-9,18H/b13-8-. The zero-order valence-electron chi connectivity index (χ0n) is 10.8. The van der Waals surface area contributed by atoms with E-state index < -0.39 is 0 Å². The van der Waals surface area contributed by atoms with E-state index >= 15 is 0 Å². The van der Waals surface area contributed by atoms with Gasteiger partial charge in [0.2, 0.25) is 0 Å².